The first-order valence-corrected chi connectivity index (χ1v) is 6.12. The molecule has 5 nitrogen and oxygen atoms in total. The fourth-order valence-corrected chi connectivity index (χ4v) is 2.27. The van der Waals surface area contributed by atoms with Crippen LogP contribution in [0.25, 0.3) is 5.69 Å². The number of carboxylic acids is 1. The summed E-state index contributed by atoms with van der Waals surface area (Å²) in [4.78, 5) is 11.4. The minimum atomic E-state index is -1.26. The van der Waals surface area contributed by atoms with Crippen molar-refractivity contribution < 1.29 is 19.4 Å². The highest BCUT2D eigenvalue weighted by Crippen LogP contribution is 2.33. The van der Waals surface area contributed by atoms with Crippen LogP contribution in [0.3, 0.4) is 0 Å². The smallest absolute Gasteiger partial charge is 0.162 e. The zero-order valence-electron chi connectivity index (χ0n) is 11.9. The first-order chi connectivity index (χ1) is 9.49. The van der Waals surface area contributed by atoms with Gasteiger partial charge in [-0.15, -0.1) is 0 Å². The Labute approximate surface area is 117 Å². The van der Waals surface area contributed by atoms with Crippen molar-refractivity contribution in [3.05, 3.63) is 41.2 Å². The molecule has 0 bridgehead atoms. The van der Waals surface area contributed by atoms with E-state index in [0.29, 0.717) is 17.2 Å². The molecule has 1 heterocycles. The first-order valence-electron chi connectivity index (χ1n) is 6.12. The number of nitrogens with zero attached hydrogens (tertiary/aromatic N) is 1. The Morgan fingerprint density at radius 1 is 1.05 bits per heavy atom. The second-order valence-electron chi connectivity index (χ2n) is 4.46. The highest BCUT2D eigenvalue weighted by molar-refractivity contribution is 5.91. The molecule has 1 aromatic carbocycles. The third-order valence-electron chi connectivity index (χ3n) is 3.23. The van der Waals surface area contributed by atoms with E-state index in [0.717, 1.165) is 11.4 Å². The molecule has 5 heteroatoms. The first kappa shape index (κ1) is 14.0. The van der Waals surface area contributed by atoms with Gasteiger partial charge in [-0.2, -0.15) is 0 Å². The highest BCUT2D eigenvalue weighted by Gasteiger charge is 2.15. The monoisotopic (exact) mass is 274 g/mol. The minimum absolute atomic E-state index is 0.0602. The molecule has 0 saturated carbocycles. The Bertz CT molecular complexity index is 639. The van der Waals surface area contributed by atoms with Crippen molar-refractivity contribution in [2.45, 2.75) is 13.8 Å². The van der Waals surface area contributed by atoms with Gasteiger partial charge >= 0.3 is 0 Å². The largest absolute Gasteiger partial charge is 0.545 e. The van der Waals surface area contributed by atoms with Gasteiger partial charge in [0.05, 0.1) is 25.9 Å². The van der Waals surface area contributed by atoms with Crippen molar-refractivity contribution in [1.29, 1.82) is 0 Å². The number of aromatic nitrogens is 1. The molecule has 106 valence electrons. The SMILES string of the molecule is COc1cc(C(=O)[O-])c(-n2c(C)ccc2C)cc1OC. The van der Waals surface area contributed by atoms with Crippen molar-refractivity contribution >= 4 is 5.97 Å². The number of rotatable bonds is 4. The predicted molar refractivity (Wildman–Crippen MR) is 72.7 cm³/mol. The van der Waals surface area contributed by atoms with Crippen molar-refractivity contribution in [2.75, 3.05) is 14.2 Å². The predicted octanol–water partition coefficient (Wildman–Crippen LogP) is 1.47. The molecule has 1 aromatic heterocycles. The molecule has 0 fully saturated rings. The van der Waals surface area contributed by atoms with E-state index in [1.807, 2.05) is 30.5 Å². The van der Waals surface area contributed by atoms with Gasteiger partial charge < -0.3 is 23.9 Å². The number of aryl methyl sites for hydroxylation is 2. The number of hydrogen-bond acceptors (Lipinski definition) is 4. The molecule has 0 saturated heterocycles. The summed E-state index contributed by atoms with van der Waals surface area (Å²) < 4.78 is 12.2. The van der Waals surface area contributed by atoms with E-state index in [1.165, 1.54) is 20.3 Å². The van der Waals surface area contributed by atoms with Crippen LogP contribution in [0.1, 0.15) is 21.7 Å². The zero-order valence-corrected chi connectivity index (χ0v) is 11.9. The minimum Gasteiger partial charge on any atom is -0.545 e. The van der Waals surface area contributed by atoms with E-state index in [2.05, 4.69) is 0 Å². The van der Waals surface area contributed by atoms with E-state index in [1.54, 1.807) is 6.07 Å². The summed E-state index contributed by atoms with van der Waals surface area (Å²) >= 11 is 0. The number of benzene rings is 1. The van der Waals surface area contributed by atoms with Crippen LogP contribution in [0, 0.1) is 13.8 Å². The molecule has 2 rings (SSSR count). The molecule has 0 N–H and O–H groups in total. The van der Waals surface area contributed by atoms with Gasteiger partial charge in [-0.05, 0) is 32.0 Å². The van der Waals surface area contributed by atoms with Crippen LogP contribution in [0.15, 0.2) is 24.3 Å². The molecular weight excluding hydrogens is 258 g/mol. The Morgan fingerprint density at radius 2 is 1.55 bits per heavy atom. The summed E-state index contributed by atoms with van der Waals surface area (Å²) in [6.07, 6.45) is 0. The lowest BCUT2D eigenvalue weighted by molar-refractivity contribution is -0.255. The van der Waals surface area contributed by atoms with Gasteiger partial charge in [0.1, 0.15) is 0 Å². The molecule has 0 atom stereocenters. The van der Waals surface area contributed by atoms with Crippen LogP contribution in [0.2, 0.25) is 0 Å². The number of methoxy groups -OCH3 is 2. The van der Waals surface area contributed by atoms with Crippen molar-refractivity contribution in [3.63, 3.8) is 0 Å². The van der Waals surface area contributed by atoms with E-state index in [4.69, 9.17) is 9.47 Å². The lowest BCUT2D eigenvalue weighted by Gasteiger charge is -2.18. The number of aromatic carboxylic acids is 1. The van der Waals surface area contributed by atoms with Crippen LogP contribution < -0.4 is 14.6 Å². The molecule has 0 amide bonds. The normalized spacial score (nSPS) is 10.4. The maximum Gasteiger partial charge on any atom is 0.162 e. The van der Waals surface area contributed by atoms with Crippen LogP contribution in [0.5, 0.6) is 11.5 Å². The Morgan fingerprint density at radius 3 is 2.00 bits per heavy atom. The summed E-state index contributed by atoms with van der Waals surface area (Å²) in [5.74, 6) is -0.425. The van der Waals surface area contributed by atoms with E-state index in [-0.39, 0.29) is 5.56 Å². The molecule has 0 aliphatic carbocycles. The third kappa shape index (κ3) is 2.22. The highest BCUT2D eigenvalue weighted by atomic mass is 16.5. The van der Waals surface area contributed by atoms with Crippen LogP contribution >= 0.6 is 0 Å². The Kier molecular flexibility index (Phi) is 3.70. The lowest BCUT2D eigenvalue weighted by atomic mass is 10.1. The van der Waals surface area contributed by atoms with Crippen LogP contribution in [-0.4, -0.2) is 24.8 Å². The molecule has 0 aliphatic heterocycles. The summed E-state index contributed by atoms with van der Waals surface area (Å²) in [5.41, 5.74) is 2.42. The lowest BCUT2D eigenvalue weighted by Crippen LogP contribution is -2.24. The molecular formula is C15H16NO4-. The summed E-state index contributed by atoms with van der Waals surface area (Å²) in [7, 11) is 2.97. The quantitative estimate of drug-likeness (QED) is 0.847. The number of ether oxygens (including phenoxy) is 2. The molecule has 0 unspecified atom stereocenters. The topological polar surface area (TPSA) is 63.5 Å². The number of carboxylic acid groups (broad SMARTS) is 1. The maximum absolute atomic E-state index is 11.4. The van der Waals surface area contributed by atoms with Gasteiger partial charge in [-0.25, -0.2) is 0 Å². The van der Waals surface area contributed by atoms with E-state index in [9.17, 15) is 9.90 Å². The molecule has 20 heavy (non-hydrogen) atoms. The second kappa shape index (κ2) is 5.28. The number of carbonyl (C=O) groups is 1. The summed E-state index contributed by atoms with van der Waals surface area (Å²) in [5, 5.41) is 11.4. The van der Waals surface area contributed by atoms with Gasteiger partial charge in [0.25, 0.3) is 0 Å². The van der Waals surface area contributed by atoms with E-state index >= 15 is 0 Å². The molecule has 0 radical (unpaired) electrons. The third-order valence-corrected chi connectivity index (χ3v) is 3.23. The van der Waals surface area contributed by atoms with Crippen molar-refractivity contribution in [3.8, 4) is 17.2 Å². The van der Waals surface area contributed by atoms with Crippen molar-refractivity contribution in [2.24, 2.45) is 0 Å². The Balaban J connectivity index is 2.77. The summed E-state index contributed by atoms with van der Waals surface area (Å²) in [6, 6.07) is 6.91. The van der Waals surface area contributed by atoms with Gasteiger partial charge in [-0.3, -0.25) is 0 Å². The van der Waals surface area contributed by atoms with Gasteiger partial charge in [0.2, 0.25) is 0 Å². The van der Waals surface area contributed by atoms with Gasteiger partial charge in [0.15, 0.2) is 11.5 Å². The fourth-order valence-electron chi connectivity index (χ4n) is 2.27. The van der Waals surface area contributed by atoms with Crippen LogP contribution in [-0.2, 0) is 0 Å². The average molecular weight is 274 g/mol. The molecule has 0 spiro atoms. The van der Waals surface area contributed by atoms with Gasteiger partial charge in [0, 0.05) is 23.0 Å². The van der Waals surface area contributed by atoms with Gasteiger partial charge in [-0.1, -0.05) is 0 Å². The maximum atomic E-state index is 11.4. The zero-order chi connectivity index (χ0) is 14.9. The van der Waals surface area contributed by atoms with Crippen molar-refractivity contribution in [1.82, 2.24) is 4.57 Å². The fraction of sp³-hybridized carbons (Fsp3) is 0.267. The number of carbonyl (C=O) groups excluding carboxylic acids is 1. The molecule has 2 aromatic rings. The average Bonchev–Trinajstić information content (AvgIpc) is 2.76. The van der Waals surface area contributed by atoms with E-state index < -0.39 is 5.97 Å². The summed E-state index contributed by atoms with van der Waals surface area (Å²) in [6.45, 7) is 3.81. The van der Waals surface area contributed by atoms with Crippen LogP contribution in [0.4, 0.5) is 0 Å². The second-order valence-corrected chi connectivity index (χ2v) is 4.46. The molecule has 0 aliphatic rings. The standard InChI is InChI=1S/C15H17NO4/c1-9-5-6-10(2)16(9)12-8-14(20-4)13(19-3)7-11(12)15(17)18/h5-8H,1-4H3,(H,17,18)/p-1. The Hall–Kier alpha value is -2.43. The number of hydrogen-bond donors (Lipinski definition) is 0.